The van der Waals surface area contributed by atoms with Gasteiger partial charge in [0.15, 0.2) is 5.82 Å². The van der Waals surface area contributed by atoms with Crippen LogP contribution in [0.15, 0.2) is 42.5 Å². The third kappa shape index (κ3) is 5.04. The number of aliphatic hydroxyl groups excluding tert-OH is 1. The molecule has 2 aromatic heterocycles. The number of fused-ring (bicyclic) bond motifs is 1. The fourth-order valence-corrected chi connectivity index (χ4v) is 6.59. The molecule has 2 amide bonds. The lowest BCUT2D eigenvalue weighted by Gasteiger charge is -2.34. The van der Waals surface area contributed by atoms with Gasteiger partial charge < -0.3 is 29.2 Å². The quantitative estimate of drug-likeness (QED) is 0.324. The van der Waals surface area contributed by atoms with Crippen LogP contribution in [0.5, 0.6) is 0 Å². The minimum absolute atomic E-state index is 0.111. The van der Waals surface area contributed by atoms with Crippen molar-refractivity contribution in [2.24, 2.45) is 5.92 Å². The second-order valence-corrected chi connectivity index (χ2v) is 13.2. The molecule has 2 atom stereocenters. The molecule has 0 bridgehead atoms. The summed E-state index contributed by atoms with van der Waals surface area (Å²) in [6, 6.07) is 14.3. The molecule has 4 heterocycles. The predicted molar refractivity (Wildman–Crippen MR) is 161 cm³/mol. The number of nitrogens with zero attached hydrogens (tertiary/aromatic N) is 4. The standard InChI is InChI=1S/C33H39N5O4/c1-33(2,3)42-32(41)34-23-8-6-13-36(19-23)31(40)22-15-24-28(39)12-14-37-29(24)25(16-22)35-30(37)27-17-21-7-4-5-9-26(21)38(27)18-20-10-11-20/h4-5,7,9,15-17,20,23,28,39H,6,8,10-14,18-19H2,1-3H3,(H,34,41)/t23-,28?/m1/s1. The number of benzene rings is 2. The van der Waals surface area contributed by atoms with Gasteiger partial charge in [-0.15, -0.1) is 0 Å². The number of ether oxygens (including phenoxy) is 1. The maximum absolute atomic E-state index is 13.8. The van der Waals surface area contributed by atoms with Crippen LogP contribution in [0.1, 0.15) is 74.9 Å². The number of piperidine rings is 1. The van der Waals surface area contributed by atoms with Crippen molar-refractivity contribution < 1.29 is 19.4 Å². The Bertz CT molecular complexity index is 1690. The zero-order chi connectivity index (χ0) is 29.2. The summed E-state index contributed by atoms with van der Waals surface area (Å²) in [5.74, 6) is 1.48. The number of para-hydroxylation sites is 1. The lowest BCUT2D eigenvalue weighted by molar-refractivity contribution is 0.0452. The van der Waals surface area contributed by atoms with Crippen LogP contribution in [0.25, 0.3) is 33.5 Å². The number of nitrogens with one attached hydrogen (secondary N) is 1. The second kappa shape index (κ2) is 10.2. The van der Waals surface area contributed by atoms with Crippen LogP contribution in [-0.2, 0) is 17.8 Å². The third-order valence-electron chi connectivity index (χ3n) is 8.71. The molecule has 0 radical (unpaired) electrons. The molecule has 42 heavy (non-hydrogen) atoms. The largest absolute Gasteiger partial charge is 0.444 e. The van der Waals surface area contributed by atoms with E-state index in [1.165, 1.54) is 23.7 Å². The molecule has 2 aliphatic heterocycles. The van der Waals surface area contributed by atoms with Crippen molar-refractivity contribution in [2.75, 3.05) is 13.1 Å². The predicted octanol–water partition coefficient (Wildman–Crippen LogP) is 5.63. The van der Waals surface area contributed by atoms with Gasteiger partial charge in [0.05, 0.1) is 22.8 Å². The van der Waals surface area contributed by atoms with Crippen LogP contribution >= 0.6 is 0 Å². The summed E-state index contributed by atoms with van der Waals surface area (Å²) in [6.45, 7) is 8.16. The van der Waals surface area contributed by atoms with E-state index < -0.39 is 17.8 Å². The van der Waals surface area contributed by atoms with Crippen molar-refractivity contribution in [3.05, 3.63) is 53.6 Å². The minimum atomic E-state index is -0.655. The Hall–Kier alpha value is -3.85. The summed E-state index contributed by atoms with van der Waals surface area (Å²) in [7, 11) is 0. The van der Waals surface area contributed by atoms with Gasteiger partial charge >= 0.3 is 6.09 Å². The van der Waals surface area contributed by atoms with Gasteiger partial charge in [-0.05, 0) is 83.1 Å². The summed E-state index contributed by atoms with van der Waals surface area (Å²) in [6.07, 6.45) is 3.54. The van der Waals surface area contributed by atoms with Crippen molar-refractivity contribution in [3.8, 4) is 11.5 Å². The first-order valence-corrected chi connectivity index (χ1v) is 15.2. The van der Waals surface area contributed by atoms with Gasteiger partial charge in [0.2, 0.25) is 0 Å². The molecule has 9 heteroatoms. The highest BCUT2D eigenvalue weighted by atomic mass is 16.6. The van der Waals surface area contributed by atoms with Crippen LogP contribution in [0.2, 0.25) is 0 Å². The number of likely N-dealkylation sites (tertiary alicyclic amines) is 1. The van der Waals surface area contributed by atoms with E-state index in [1.54, 1.807) is 4.90 Å². The van der Waals surface area contributed by atoms with Gasteiger partial charge in [0.25, 0.3) is 5.91 Å². The highest BCUT2D eigenvalue weighted by molar-refractivity contribution is 5.99. The van der Waals surface area contributed by atoms with Crippen LogP contribution in [0.3, 0.4) is 0 Å². The Balaban J connectivity index is 1.23. The molecule has 9 nitrogen and oxygen atoms in total. The van der Waals surface area contributed by atoms with Crippen LogP contribution in [0, 0.1) is 5.92 Å². The first kappa shape index (κ1) is 27.0. The van der Waals surface area contributed by atoms with E-state index in [0.717, 1.165) is 47.5 Å². The van der Waals surface area contributed by atoms with Gasteiger partial charge in [0, 0.05) is 54.3 Å². The van der Waals surface area contributed by atoms with Crippen molar-refractivity contribution in [3.63, 3.8) is 0 Å². The summed E-state index contributed by atoms with van der Waals surface area (Å²) in [5, 5.41) is 15.2. The number of rotatable bonds is 5. The maximum Gasteiger partial charge on any atom is 0.407 e. The van der Waals surface area contributed by atoms with E-state index in [0.29, 0.717) is 37.5 Å². The van der Waals surface area contributed by atoms with Crippen molar-refractivity contribution in [1.29, 1.82) is 0 Å². The minimum Gasteiger partial charge on any atom is -0.444 e. The fourth-order valence-electron chi connectivity index (χ4n) is 6.59. The van der Waals surface area contributed by atoms with Gasteiger partial charge in [-0.1, -0.05) is 18.2 Å². The smallest absolute Gasteiger partial charge is 0.407 e. The molecule has 4 aromatic rings. The molecule has 2 N–H and O–H groups in total. The number of carbonyl (C=O) groups is 2. The molecule has 2 aromatic carbocycles. The zero-order valence-electron chi connectivity index (χ0n) is 24.6. The van der Waals surface area contributed by atoms with Gasteiger partial charge in [-0.2, -0.15) is 0 Å². The fraction of sp³-hybridized carbons (Fsp3) is 0.485. The van der Waals surface area contributed by atoms with Crippen molar-refractivity contribution in [2.45, 2.75) is 83.7 Å². The molecular formula is C33H39N5O4. The summed E-state index contributed by atoms with van der Waals surface area (Å²) in [4.78, 5) is 33.1. The Morgan fingerprint density at radius 1 is 1.07 bits per heavy atom. The number of aromatic nitrogens is 3. The summed E-state index contributed by atoms with van der Waals surface area (Å²) in [5.41, 5.74) is 4.63. The molecule has 1 aliphatic carbocycles. The molecule has 2 fully saturated rings. The Morgan fingerprint density at radius 2 is 1.88 bits per heavy atom. The molecule has 1 unspecified atom stereocenters. The molecule has 1 saturated carbocycles. The lowest BCUT2D eigenvalue weighted by atomic mass is 9.97. The lowest BCUT2D eigenvalue weighted by Crippen LogP contribution is -2.50. The average Bonchev–Trinajstić information content (AvgIpc) is 3.59. The monoisotopic (exact) mass is 569 g/mol. The summed E-state index contributed by atoms with van der Waals surface area (Å²) >= 11 is 0. The van der Waals surface area contributed by atoms with Gasteiger partial charge in [-0.3, -0.25) is 4.79 Å². The van der Waals surface area contributed by atoms with Gasteiger partial charge in [-0.25, -0.2) is 9.78 Å². The number of imidazole rings is 1. The molecule has 220 valence electrons. The van der Waals surface area contributed by atoms with Crippen molar-refractivity contribution >= 4 is 33.9 Å². The van der Waals surface area contributed by atoms with E-state index in [1.807, 2.05) is 32.9 Å². The Morgan fingerprint density at radius 3 is 2.67 bits per heavy atom. The molecule has 0 spiro atoms. The van der Waals surface area contributed by atoms with Crippen molar-refractivity contribution in [1.82, 2.24) is 24.3 Å². The van der Waals surface area contributed by atoms with E-state index in [2.05, 4.69) is 44.8 Å². The number of aliphatic hydroxyl groups is 1. The highest BCUT2D eigenvalue weighted by Crippen LogP contribution is 2.40. The molecule has 1 saturated heterocycles. The SMILES string of the molecule is CC(C)(C)OC(=O)N[C@@H]1CCCN(C(=O)c2cc3c4c(c2)nc(-c2cc5ccccc5n2CC2CC2)n4CCC3O)C1. The topological polar surface area (TPSA) is 102 Å². The van der Waals surface area contributed by atoms with Gasteiger partial charge in [0.1, 0.15) is 5.60 Å². The van der Waals surface area contributed by atoms with E-state index >= 15 is 0 Å². The number of alkyl carbamates (subject to hydrolysis) is 1. The average molecular weight is 570 g/mol. The third-order valence-corrected chi connectivity index (χ3v) is 8.71. The first-order chi connectivity index (χ1) is 20.1. The first-order valence-electron chi connectivity index (χ1n) is 15.2. The molecule has 3 aliphatic rings. The normalized spacial score (nSPS) is 20.7. The van der Waals surface area contributed by atoms with Crippen LogP contribution in [0.4, 0.5) is 4.79 Å². The number of carbonyl (C=O) groups excluding carboxylic acids is 2. The Labute approximate surface area is 245 Å². The highest BCUT2D eigenvalue weighted by Gasteiger charge is 2.32. The van der Waals surface area contributed by atoms with Crippen LogP contribution in [-0.4, -0.2) is 60.9 Å². The zero-order valence-corrected chi connectivity index (χ0v) is 24.6. The maximum atomic E-state index is 13.8. The molecule has 7 rings (SSSR count). The molecular weight excluding hydrogens is 530 g/mol. The number of hydrogen-bond acceptors (Lipinski definition) is 5. The Kier molecular flexibility index (Phi) is 6.53. The number of aryl methyl sites for hydroxylation is 1. The van der Waals surface area contributed by atoms with E-state index in [-0.39, 0.29) is 11.9 Å². The summed E-state index contributed by atoms with van der Waals surface area (Å²) < 4.78 is 10.1. The number of amides is 2. The van der Waals surface area contributed by atoms with E-state index in [4.69, 9.17) is 9.72 Å². The van der Waals surface area contributed by atoms with E-state index in [9.17, 15) is 14.7 Å². The number of hydrogen-bond donors (Lipinski definition) is 2. The second-order valence-electron chi connectivity index (χ2n) is 13.2. The van der Waals surface area contributed by atoms with Crippen LogP contribution < -0.4 is 5.32 Å².